The third-order valence-corrected chi connectivity index (χ3v) is 3.46. The molecule has 0 atom stereocenters. The van der Waals surface area contributed by atoms with Crippen LogP contribution in [0.25, 0.3) is 10.9 Å². The van der Waals surface area contributed by atoms with Gasteiger partial charge in [-0.05, 0) is 38.1 Å². The quantitative estimate of drug-likeness (QED) is 0.695. The summed E-state index contributed by atoms with van der Waals surface area (Å²) in [4.78, 5) is 15.8. The molecule has 1 heterocycles. The van der Waals surface area contributed by atoms with E-state index in [1.165, 1.54) is 12.1 Å². The number of carbonyl (C=O) groups excluding carboxylic acids is 1. The van der Waals surface area contributed by atoms with Gasteiger partial charge < -0.3 is 4.98 Å². The maximum absolute atomic E-state index is 13.4. The summed E-state index contributed by atoms with van der Waals surface area (Å²) in [5, 5.41) is 0.633. The third-order valence-electron chi connectivity index (χ3n) is 3.46. The number of halogens is 1. The predicted molar refractivity (Wildman–Crippen MR) is 77.6 cm³/mol. The first-order chi connectivity index (χ1) is 9.56. The first-order valence-electron chi connectivity index (χ1n) is 6.45. The van der Waals surface area contributed by atoms with Gasteiger partial charge in [-0.25, -0.2) is 4.39 Å². The van der Waals surface area contributed by atoms with Crippen molar-refractivity contribution in [3.63, 3.8) is 0 Å². The van der Waals surface area contributed by atoms with Gasteiger partial charge in [-0.3, -0.25) is 4.79 Å². The van der Waals surface area contributed by atoms with Crippen LogP contribution in [0.2, 0.25) is 0 Å². The van der Waals surface area contributed by atoms with Gasteiger partial charge in [0.25, 0.3) is 0 Å². The number of fused-ring (bicyclic) bond motifs is 1. The average molecular weight is 267 g/mol. The molecular weight excluding hydrogens is 253 g/mol. The topological polar surface area (TPSA) is 32.9 Å². The van der Waals surface area contributed by atoms with Crippen molar-refractivity contribution in [3.8, 4) is 0 Å². The maximum Gasteiger partial charge on any atom is 0.195 e. The van der Waals surface area contributed by atoms with Crippen LogP contribution in [0.4, 0.5) is 4.39 Å². The molecule has 3 aromatic rings. The number of aryl methyl sites for hydroxylation is 2. The van der Waals surface area contributed by atoms with Crippen molar-refractivity contribution in [2.45, 2.75) is 13.8 Å². The largest absolute Gasteiger partial charge is 0.358 e. The Labute approximate surface area is 116 Å². The van der Waals surface area contributed by atoms with Crippen LogP contribution >= 0.6 is 0 Å². The normalized spacial score (nSPS) is 10.9. The number of rotatable bonds is 2. The smallest absolute Gasteiger partial charge is 0.195 e. The van der Waals surface area contributed by atoms with Gasteiger partial charge in [-0.1, -0.05) is 23.8 Å². The Kier molecular flexibility index (Phi) is 2.90. The number of hydrogen-bond acceptors (Lipinski definition) is 1. The summed E-state index contributed by atoms with van der Waals surface area (Å²) in [7, 11) is 0. The Bertz CT molecular complexity index is 817. The molecule has 0 unspecified atom stereocenters. The molecule has 100 valence electrons. The zero-order chi connectivity index (χ0) is 14.3. The van der Waals surface area contributed by atoms with Crippen LogP contribution in [0.3, 0.4) is 0 Å². The molecule has 2 aromatic carbocycles. The molecule has 20 heavy (non-hydrogen) atoms. The van der Waals surface area contributed by atoms with Crippen molar-refractivity contribution in [1.29, 1.82) is 0 Å². The lowest BCUT2D eigenvalue weighted by molar-refractivity contribution is 0.103. The molecule has 0 radical (unpaired) electrons. The van der Waals surface area contributed by atoms with E-state index in [2.05, 4.69) is 4.98 Å². The van der Waals surface area contributed by atoms with Crippen molar-refractivity contribution in [2.75, 3.05) is 0 Å². The highest BCUT2D eigenvalue weighted by molar-refractivity contribution is 6.17. The van der Waals surface area contributed by atoms with Crippen LogP contribution < -0.4 is 0 Å². The molecule has 3 heteroatoms. The van der Waals surface area contributed by atoms with Gasteiger partial charge in [0.2, 0.25) is 0 Å². The predicted octanol–water partition coefficient (Wildman–Crippen LogP) is 4.15. The van der Waals surface area contributed by atoms with Crippen LogP contribution in [0.15, 0.2) is 42.5 Å². The van der Waals surface area contributed by atoms with Crippen LogP contribution in [-0.2, 0) is 0 Å². The van der Waals surface area contributed by atoms with E-state index in [0.29, 0.717) is 16.5 Å². The van der Waals surface area contributed by atoms with E-state index < -0.39 is 0 Å². The summed E-state index contributed by atoms with van der Waals surface area (Å²) in [6.45, 7) is 3.78. The number of hydrogen-bond donors (Lipinski definition) is 1. The summed E-state index contributed by atoms with van der Waals surface area (Å²) in [5.41, 5.74) is 3.74. The molecule has 1 aromatic heterocycles. The van der Waals surface area contributed by atoms with E-state index in [1.807, 2.05) is 32.0 Å². The standard InChI is InChI=1S/C17H14FNO/c1-10-4-3-5-12(8-10)17(20)16-11(2)19-15-7-6-13(18)9-14(15)16/h3-9,19H,1-2H3. The summed E-state index contributed by atoms with van der Waals surface area (Å²) >= 11 is 0. The lowest BCUT2D eigenvalue weighted by atomic mass is 9.99. The SMILES string of the molecule is Cc1cccc(C(=O)c2c(C)[nH]c3ccc(F)cc23)c1. The molecule has 0 fully saturated rings. The fourth-order valence-electron chi connectivity index (χ4n) is 2.52. The lowest BCUT2D eigenvalue weighted by Crippen LogP contribution is -2.02. The highest BCUT2D eigenvalue weighted by atomic mass is 19.1. The fourth-order valence-corrected chi connectivity index (χ4v) is 2.52. The van der Waals surface area contributed by atoms with Gasteiger partial charge in [0.1, 0.15) is 5.82 Å². The van der Waals surface area contributed by atoms with E-state index in [4.69, 9.17) is 0 Å². The summed E-state index contributed by atoms with van der Waals surface area (Å²) in [6.07, 6.45) is 0. The molecule has 2 nitrogen and oxygen atoms in total. The first-order valence-corrected chi connectivity index (χ1v) is 6.45. The van der Waals surface area contributed by atoms with Crippen molar-refractivity contribution in [2.24, 2.45) is 0 Å². The van der Waals surface area contributed by atoms with E-state index in [9.17, 15) is 9.18 Å². The van der Waals surface area contributed by atoms with E-state index in [-0.39, 0.29) is 11.6 Å². The molecule has 0 aliphatic rings. The first kappa shape index (κ1) is 12.6. The zero-order valence-corrected chi connectivity index (χ0v) is 11.3. The number of nitrogens with one attached hydrogen (secondary N) is 1. The van der Waals surface area contributed by atoms with Crippen molar-refractivity contribution < 1.29 is 9.18 Å². The number of aromatic nitrogens is 1. The van der Waals surface area contributed by atoms with Gasteiger partial charge in [-0.2, -0.15) is 0 Å². The molecule has 3 rings (SSSR count). The molecule has 0 saturated heterocycles. The second-order valence-corrected chi connectivity index (χ2v) is 5.01. The molecule has 0 aliphatic carbocycles. The van der Waals surface area contributed by atoms with Crippen molar-refractivity contribution in [3.05, 3.63) is 70.7 Å². The highest BCUT2D eigenvalue weighted by Crippen LogP contribution is 2.25. The van der Waals surface area contributed by atoms with Crippen LogP contribution in [0, 0.1) is 19.7 Å². The molecular formula is C17H14FNO. The Balaban J connectivity index is 2.21. The monoisotopic (exact) mass is 267 g/mol. The Morgan fingerprint density at radius 3 is 2.65 bits per heavy atom. The molecule has 0 amide bonds. The second kappa shape index (κ2) is 4.60. The Hall–Kier alpha value is -2.42. The number of aromatic amines is 1. The highest BCUT2D eigenvalue weighted by Gasteiger charge is 2.18. The molecule has 0 saturated carbocycles. The summed E-state index contributed by atoms with van der Waals surface area (Å²) in [5.74, 6) is -0.419. The Morgan fingerprint density at radius 2 is 1.90 bits per heavy atom. The molecule has 1 N–H and O–H groups in total. The number of H-pyrrole nitrogens is 1. The molecule has 0 aliphatic heterocycles. The van der Waals surface area contributed by atoms with E-state index in [1.54, 1.807) is 12.1 Å². The minimum absolute atomic E-state index is 0.0805. The van der Waals surface area contributed by atoms with Crippen LogP contribution in [-0.4, -0.2) is 10.8 Å². The number of carbonyl (C=O) groups is 1. The average Bonchev–Trinajstić information content (AvgIpc) is 2.73. The van der Waals surface area contributed by atoms with Gasteiger partial charge in [0.15, 0.2) is 5.78 Å². The second-order valence-electron chi connectivity index (χ2n) is 5.01. The summed E-state index contributed by atoms with van der Waals surface area (Å²) < 4.78 is 13.4. The summed E-state index contributed by atoms with van der Waals surface area (Å²) in [6, 6.07) is 11.9. The number of benzene rings is 2. The minimum atomic E-state index is -0.338. The van der Waals surface area contributed by atoms with Gasteiger partial charge >= 0.3 is 0 Å². The lowest BCUT2D eigenvalue weighted by Gasteiger charge is -2.03. The maximum atomic E-state index is 13.4. The van der Waals surface area contributed by atoms with Crippen molar-refractivity contribution >= 4 is 16.7 Å². The van der Waals surface area contributed by atoms with Crippen LogP contribution in [0.5, 0.6) is 0 Å². The van der Waals surface area contributed by atoms with Gasteiger partial charge in [0.05, 0.1) is 5.56 Å². The Morgan fingerprint density at radius 1 is 1.10 bits per heavy atom. The molecule has 0 bridgehead atoms. The fraction of sp³-hybridized carbons (Fsp3) is 0.118. The van der Waals surface area contributed by atoms with Gasteiger partial charge in [-0.15, -0.1) is 0 Å². The van der Waals surface area contributed by atoms with Crippen LogP contribution in [0.1, 0.15) is 27.2 Å². The van der Waals surface area contributed by atoms with E-state index in [0.717, 1.165) is 16.8 Å². The van der Waals surface area contributed by atoms with Gasteiger partial charge in [0, 0.05) is 22.2 Å². The van der Waals surface area contributed by atoms with E-state index >= 15 is 0 Å². The van der Waals surface area contributed by atoms with Crippen molar-refractivity contribution in [1.82, 2.24) is 4.98 Å². The molecule has 0 spiro atoms. The minimum Gasteiger partial charge on any atom is -0.358 e. The third kappa shape index (κ3) is 2.01. The number of ketones is 1. The zero-order valence-electron chi connectivity index (χ0n) is 11.3.